The van der Waals surface area contributed by atoms with Crippen LogP contribution in [0, 0.1) is 6.92 Å². The van der Waals surface area contributed by atoms with Crippen LogP contribution >= 0.6 is 22.7 Å². The number of hydrogen-bond acceptors (Lipinski definition) is 11. The molecule has 37 heavy (non-hydrogen) atoms. The van der Waals surface area contributed by atoms with Crippen LogP contribution in [0.25, 0.3) is 21.5 Å². The third kappa shape index (κ3) is 4.77. The summed E-state index contributed by atoms with van der Waals surface area (Å²) in [5.74, 6) is 1.20. The van der Waals surface area contributed by atoms with Gasteiger partial charge in [0.25, 0.3) is 0 Å². The van der Waals surface area contributed by atoms with Gasteiger partial charge in [0.05, 0.1) is 43.3 Å². The van der Waals surface area contributed by atoms with Gasteiger partial charge in [-0.2, -0.15) is 0 Å². The number of nitrogens with one attached hydrogen (secondary N) is 1. The average molecular weight is 539 g/mol. The summed E-state index contributed by atoms with van der Waals surface area (Å²) in [4.78, 5) is 27.5. The molecule has 1 N–H and O–H groups in total. The zero-order valence-corrected chi connectivity index (χ0v) is 22.9. The highest BCUT2D eigenvalue weighted by Gasteiger charge is 2.25. The van der Waals surface area contributed by atoms with E-state index in [-0.39, 0.29) is 0 Å². The number of pyridine rings is 1. The number of rotatable bonds is 7. The first-order chi connectivity index (χ1) is 18.1. The van der Waals surface area contributed by atoms with Crippen molar-refractivity contribution in [2.75, 3.05) is 57.4 Å². The van der Waals surface area contributed by atoms with Gasteiger partial charge in [0.2, 0.25) is 11.8 Å². The number of hydrogen-bond donors (Lipinski definition) is 1. The molecule has 0 radical (unpaired) electrons. The number of fused-ring (bicyclic) bond motifs is 2. The Morgan fingerprint density at radius 1 is 1.16 bits per heavy atom. The lowest BCUT2D eigenvalue weighted by molar-refractivity contribution is 0.122. The summed E-state index contributed by atoms with van der Waals surface area (Å²) in [5, 5.41) is 2.21. The van der Waals surface area contributed by atoms with Crippen LogP contribution in [-0.2, 0) is 29.1 Å². The molecule has 6 rings (SSSR count). The number of aromatic nitrogens is 3. The summed E-state index contributed by atoms with van der Waals surface area (Å²) >= 11 is 3.63. The molecule has 0 spiro atoms. The first kappa shape index (κ1) is 24.5. The number of methoxy groups -OCH3 is 1. The summed E-state index contributed by atoms with van der Waals surface area (Å²) in [5.41, 5.74) is 9.06. The van der Waals surface area contributed by atoms with Gasteiger partial charge in [0.15, 0.2) is 0 Å². The van der Waals surface area contributed by atoms with Crippen molar-refractivity contribution in [1.29, 1.82) is 0 Å². The van der Waals surface area contributed by atoms with E-state index in [4.69, 9.17) is 24.3 Å². The monoisotopic (exact) mass is 538 g/mol. The Hall–Kier alpha value is -2.83. The number of thiophene rings is 2. The van der Waals surface area contributed by atoms with Crippen molar-refractivity contribution in [2.45, 2.75) is 26.4 Å². The fourth-order valence-corrected chi connectivity index (χ4v) is 7.01. The van der Waals surface area contributed by atoms with Crippen LogP contribution in [0.4, 0.5) is 11.6 Å². The molecule has 0 atom stereocenters. The topological polar surface area (TPSA) is 84.9 Å². The molecule has 4 aromatic rings. The summed E-state index contributed by atoms with van der Waals surface area (Å²) in [7, 11) is 3.16. The summed E-state index contributed by atoms with van der Waals surface area (Å²) in [6.45, 7) is 8.01. The van der Waals surface area contributed by atoms with E-state index in [1.165, 1.54) is 20.9 Å². The molecule has 0 bridgehead atoms. The Bertz CT molecular complexity index is 1420. The number of ether oxygens (including phenoxy) is 2. The molecular weight excluding hydrogens is 508 g/mol. The molecule has 2 aliphatic heterocycles. The zero-order valence-electron chi connectivity index (χ0n) is 21.2. The lowest BCUT2D eigenvalue weighted by Gasteiger charge is -2.28. The van der Waals surface area contributed by atoms with Crippen LogP contribution in [0.2, 0.25) is 0 Å². The van der Waals surface area contributed by atoms with E-state index >= 15 is 0 Å². The molecule has 0 saturated carbocycles. The third-order valence-corrected chi connectivity index (χ3v) is 9.08. The quantitative estimate of drug-likeness (QED) is 0.342. The van der Waals surface area contributed by atoms with Crippen molar-refractivity contribution in [2.24, 2.45) is 0 Å². The molecule has 4 aromatic heterocycles. The molecule has 0 aromatic carbocycles. The normalized spacial score (nSPS) is 16.2. The van der Waals surface area contributed by atoms with Crippen molar-refractivity contribution in [3.05, 3.63) is 44.6 Å². The minimum atomic E-state index is 0.463. The summed E-state index contributed by atoms with van der Waals surface area (Å²) in [6, 6.07) is 4.24. The molecule has 0 aliphatic carbocycles. The van der Waals surface area contributed by atoms with Gasteiger partial charge in [0.1, 0.15) is 5.69 Å². The lowest BCUT2D eigenvalue weighted by Crippen LogP contribution is -2.37. The van der Waals surface area contributed by atoms with E-state index < -0.39 is 0 Å². The molecule has 9 nitrogen and oxygen atoms in total. The largest absolute Gasteiger partial charge is 0.479 e. The van der Waals surface area contributed by atoms with Crippen molar-refractivity contribution in [1.82, 2.24) is 19.9 Å². The van der Waals surface area contributed by atoms with Crippen LogP contribution in [0.15, 0.2) is 23.7 Å². The maximum atomic E-state index is 5.60. The average Bonchev–Trinajstić information content (AvgIpc) is 3.52. The molecule has 1 fully saturated rings. The van der Waals surface area contributed by atoms with Gasteiger partial charge in [-0.15, -0.1) is 22.7 Å². The van der Waals surface area contributed by atoms with Crippen LogP contribution in [0.3, 0.4) is 0 Å². The summed E-state index contributed by atoms with van der Waals surface area (Å²) in [6.07, 6.45) is 2.92. The maximum absolute atomic E-state index is 5.60. The second-order valence-electron chi connectivity index (χ2n) is 9.20. The maximum Gasteiger partial charge on any atom is 0.239 e. The predicted octanol–water partition coefficient (Wildman–Crippen LogP) is 4.50. The van der Waals surface area contributed by atoms with Crippen LogP contribution in [-0.4, -0.2) is 66.9 Å². The Labute approximate surface area is 224 Å². The standard InChI is InChI=1S/C26H30N6O3S2/c1-16-19(15-31-6-4-21-17(14-31)5-11-36-21)23-24(37-16)22(28-26(29-23)32-7-9-35-10-8-32)18-12-20(30-34-3)25(33-2)27-13-18/h5,11-13,30H,4,6-10,14-15H2,1-3H3. The molecule has 1 saturated heterocycles. The van der Waals surface area contributed by atoms with Gasteiger partial charge in [-0.25, -0.2) is 15.0 Å². The fraction of sp³-hybridized carbons (Fsp3) is 0.423. The van der Waals surface area contributed by atoms with E-state index in [0.29, 0.717) is 24.8 Å². The third-order valence-electron chi connectivity index (χ3n) is 6.91. The molecule has 11 heteroatoms. The van der Waals surface area contributed by atoms with Gasteiger partial charge < -0.3 is 14.4 Å². The van der Waals surface area contributed by atoms with Crippen molar-refractivity contribution in [3.8, 4) is 17.1 Å². The summed E-state index contributed by atoms with van der Waals surface area (Å²) < 4.78 is 12.1. The van der Waals surface area contributed by atoms with E-state index in [0.717, 1.165) is 66.6 Å². The van der Waals surface area contributed by atoms with Crippen LogP contribution in [0.5, 0.6) is 5.88 Å². The van der Waals surface area contributed by atoms with Crippen molar-refractivity contribution < 1.29 is 14.3 Å². The minimum absolute atomic E-state index is 0.463. The molecule has 0 amide bonds. The number of anilines is 2. The first-order valence-corrected chi connectivity index (χ1v) is 14.1. The Kier molecular flexibility index (Phi) is 6.96. The highest BCUT2D eigenvalue weighted by molar-refractivity contribution is 7.19. The molecule has 0 unspecified atom stereocenters. The SMILES string of the molecule is CONc1cc(-c2nc(N3CCOCC3)nc3c(CN4CCc5sccc5C4)c(C)sc23)cnc1OC. The van der Waals surface area contributed by atoms with Gasteiger partial charge in [0, 0.05) is 59.8 Å². The highest BCUT2D eigenvalue weighted by Crippen LogP contribution is 2.40. The van der Waals surface area contributed by atoms with Crippen LogP contribution in [0.1, 0.15) is 20.9 Å². The Morgan fingerprint density at radius 2 is 2.03 bits per heavy atom. The second-order valence-corrected chi connectivity index (χ2v) is 11.4. The molecular formula is C26H30N6O3S2. The predicted molar refractivity (Wildman–Crippen MR) is 148 cm³/mol. The molecule has 6 heterocycles. The Balaban J connectivity index is 1.45. The van der Waals surface area contributed by atoms with E-state index in [1.54, 1.807) is 25.6 Å². The Morgan fingerprint density at radius 3 is 2.84 bits per heavy atom. The van der Waals surface area contributed by atoms with Gasteiger partial charge in [-0.1, -0.05) is 0 Å². The number of nitrogens with zero attached hydrogens (tertiary/aromatic N) is 5. The van der Waals surface area contributed by atoms with Crippen molar-refractivity contribution >= 4 is 44.5 Å². The smallest absolute Gasteiger partial charge is 0.239 e. The number of aryl methyl sites for hydroxylation is 1. The van der Waals surface area contributed by atoms with Gasteiger partial charge in [-0.3, -0.25) is 15.2 Å². The highest BCUT2D eigenvalue weighted by atomic mass is 32.1. The minimum Gasteiger partial charge on any atom is -0.479 e. The zero-order chi connectivity index (χ0) is 25.4. The fourth-order valence-electron chi connectivity index (χ4n) is 5.00. The van der Waals surface area contributed by atoms with Gasteiger partial charge in [-0.05, 0) is 36.4 Å². The lowest BCUT2D eigenvalue weighted by atomic mass is 10.1. The second kappa shape index (κ2) is 10.5. The first-order valence-electron chi connectivity index (χ1n) is 12.4. The molecule has 194 valence electrons. The van der Waals surface area contributed by atoms with E-state index in [2.05, 4.69) is 38.6 Å². The van der Waals surface area contributed by atoms with Crippen molar-refractivity contribution in [3.63, 3.8) is 0 Å². The molecule has 2 aliphatic rings. The van der Waals surface area contributed by atoms with Crippen LogP contribution < -0.4 is 15.1 Å². The van der Waals surface area contributed by atoms with E-state index in [1.807, 2.05) is 23.6 Å². The van der Waals surface area contributed by atoms with Gasteiger partial charge >= 0.3 is 0 Å². The number of morpholine rings is 1. The van der Waals surface area contributed by atoms with E-state index in [9.17, 15) is 0 Å².